The van der Waals surface area contributed by atoms with Gasteiger partial charge in [-0.05, 0) is 80.1 Å². The lowest BCUT2D eigenvalue weighted by Gasteiger charge is -2.32. The van der Waals surface area contributed by atoms with Crippen molar-refractivity contribution in [1.29, 1.82) is 0 Å². The lowest BCUT2D eigenvalue weighted by atomic mass is 10.0. The maximum atomic E-state index is 13.8. The quantitative estimate of drug-likeness (QED) is 0.282. The Hall–Kier alpha value is -3.02. The Morgan fingerprint density at radius 3 is 2.32 bits per heavy atom. The standard InChI is InChI=1S/C31H36Cl2N2O3/c1-6-22(4)34-31(37)28(17-24-10-8-7-9-11-24)35(18-25-12-13-26(32)27(33)16-25)30(36)19-38-29-15-20(2)14-21(3)23(29)5/h7-16,22,28H,6,17-19H2,1-5H3,(H,34,37). The van der Waals surface area contributed by atoms with E-state index in [9.17, 15) is 9.59 Å². The number of hydrogen-bond donors (Lipinski definition) is 1. The number of nitrogens with zero attached hydrogens (tertiary/aromatic N) is 1. The number of aryl methyl sites for hydroxylation is 2. The van der Waals surface area contributed by atoms with E-state index in [0.717, 1.165) is 34.2 Å². The van der Waals surface area contributed by atoms with Gasteiger partial charge in [-0.3, -0.25) is 9.59 Å². The molecule has 0 saturated heterocycles. The van der Waals surface area contributed by atoms with Crippen LogP contribution < -0.4 is 10.1 Å². The van der Waals surface area contributed by atoms with E-state index >= 15 is 0 Å². The summed E-state index contributed by atoms with van der Waals surface area (Å²) < 4.78 is 6.03. The van der Waals surface area contributed by atoms with Crippen LogP contribution in [-0.2, 0) is 22.6 Å². The maximum Gasteiger partial charge on any atom is 0.261 e. The number of amides is 2. The van der Waals surface area contributed by atoms with E-state index in [2.05, 4.69) is 11.4 Å². The van der Waals surface area contributed by atoms with Crippen LogP contribution in [0.2, 0.25) is 10.0 Å². The minimum Gasteiger partial charge on any atom is -0.483 e. The molecular formula is C31H36Cl2N2O3. The molecular weight excluding hydrogens is 519 g/mol. The van der Waals surface area contributed by atoms with Crippen molar-refractivity contribution in [3.8, 4) is 5.75 Å². The van der Waals surface area contributed by atoms with Crippen molar-refractivity contribution in [3.63, 3.8) is 0 Å². The van der Waals surface area contributed by atoms with Gasteiger partial charge in [-0.15, -0.1) is 0 Å². The van der Waals surface area contributed by atoms with E-state index in [0.29, 0.717) is 22.2 Å². The van der Waals surface area contributed by atoms with Gasteiger partial charge in [-0.2, -0.15) is 0 Å². The summed E-state index contributed by atoms with van der Waals surface area (Å²) in [5.74, 6) is 0.156. The summed E-state index contributed by atoms with van der Waals surface area (Å²) in [4.78, 5) is 29.0. The zero-order chi connectivity index (χ0) is 27.8. The van der Waals surface area contributed by atoms with Gasteiger partial charge < -0.3 is 15.0 Å². The molecule has 0 spiro atoms. The van der Waals surface area contributed by atoms with Gasteiger partial charge in [0.25, 0.3) is 5.91 Å². The number of carbonyl (C=O) groups excluding carboxylic acids is 2. The molecule has 0 saturated carbocycles. The molecule has 0 heterocycles. The second-order valence-corrected chi connectivity index (χ2v) is 10.6. The normalized spacial score (nSPS) is 12.5. The van der Waals surface area contributed by atoms with Gasteiger partial charge in [-0.25, -0.2) is 0 Å². The third-order valence-electron chi connectivity index (χ3n) is 6.72. The molecule has 2 amide bonds. The number of nitrogens with one attached hydrogen (secondary N) is 1. The molecule has 3 aromatic carbocycles. The molecule has 1 N–H and O–H groups in total. The maximum absolute atomic E-state index is 13.8. The van der Waals surface area contributed by atoms with E-state index in [1.54, 1.807) is 17.0 Å². The second kappa shape index (κ2) is 13.7. The third kappa shape index (κ3) is 7.99. The van der Waals surface area contributed by atoms with E-state index < -0.39 is 6.04 Å². The highest BCUT2D eigenvalue weighted by Gasteiger charge is 2.31. The topological polar surface area (TPSA) is 58.6 Å². The highest BCUT2D eigenvalue weighted by molar-refractivity contribution is 6.42. The Balaban J connectivity index is 1.97. The van der Waals surface area contributed by atoms with Crippen LogP contribution in [0.4, 0.5) is 0 Å². The van der Waals surface area contributed by atoms with Gasteiger partial charge in [0, 0.05) is 19.0 Å². The average molecular weight is 556 g/mol. The first-order valence-electron chi connectivity index (χ1n) is 12.9. The molecule has 0 aliphatic carbocycles. The Labute approximate surface area is 236 Å². The fraction of sp³-hybridized carbons (Fsp3) is 0.355. The lowest BCUT2D eigenvalue weighted by molar-refractivity contribution is -0.143. The largest absolute Gasteiger partial charge is 0.483 e. The number of hydrogen-bond acceptors (Lipinski definition) is 3. The van der Waals surface area contributed by atoms with Crippen molar-refractivity contribution in [3.05, 3.63) is 98.5 Å². The highest BCUT2D eigenvalue weighted by Crippen LogP contribution is 2.26. The summed E-state index contributed by atoms with van der Waals surface area (Å²) in [6.45, 7) is 9.92. The second-order valence-electron chi connectivity index (χ2n) is 9.79. The highest BCUT2D eigenvalue weighted by atomic mass is 35.5. The number of ether oxygens (including phenoxy) is 1. The molecule has 0 bridgehead atoms. The van der Waals surface area contributed by atoms with Crippen LogP contribution in [0.15, 0.2) is 60.7 Å². The van der Waals surface area contributed by atoms with Gasteiger partial charge in [0.05, 0.1) is 10.0 Å². The van der Waals surface area contributed by atoms with Crippen molar-refractivity contribution in [1.82, 2.24) is 10.2 Å². The van der Waals surface area contributed by atoms with Crippen molar-refractivity contribution < 1.29 is 14.3 Å². The third-order valence-corrected chi connectivity index (χ3v) is 7.46. The number of benzene rings is 3. The smallest absolute Gasteiger partial charge is 0.261 e. The number of halogens is 2. The Morgan fingerprint density at radius 1 is 0.947 bits per heavy atom. The Bertz CT molecular complexity index is 1260. The van der Waals surface area contributed by atoms with Crippen molar-refractivity contribution in [2.24, 2.45) is 0 Å². The van der Waals surface area contributed by atoms with Crippen LogP contribution >= 0.6 is 23.2 Å². The summed E-state index contributed by atoms with van der Waals surface area (Å²) >= 11 is 12.4. The lowest BCUT2D eigenvalue weighted by Crippen LogP contribution is -2.53. The zero-order valence-corrected chi connectivity index (χ0v) is 24.2. The van der Waals surface area contributed by atoms with Gasteiger partial charge in [0.2, 0.25) is 5.91 Å². The van der Waals surface area contributed by atoms with E-state index in [1.165, 1.54) is 0 Å². The van der Waals surface area contributed by atoms with E-state index in [4.69, 9.17) is 27.9 Å². The monoisotopic (exact) mass is 554 g/mol. The van der Waals surface area contributed by atoms with E-state index in [-0.39, 0.29) is 31.0 Å². The van der Waals surface area contributed by atoms with Crippen molar-refractivity contribution in [2.45, 2.75) is 66.1 Å². The minimum atomic E-state index is -0.753. The summed E-state index contributed by atoms with van der Waals surface area (Å²) in [5, 5.41) is 3.89. The zero-order valence-electron chi connectivity index (χ0n) is 22.7. The predicted molar refractivity (Wildman–Crippen MR) is 155 cm³/mol. The van der Waals surface area contributed by atoms with Gasteiger partial charge in [0.1, 0.15) is 11.8 Å². The molecule has 0 aliphatic rings. The average Bonchev–Trinajstić information content (AvgIpc) is 2.89. The van der Waals surface area contributed by atoms with Crippen molar-refractivity contribution >= 4 is 35.0 Å². The molecule has 3 aromatic rings. The molecule has 0 radical (unpaired) electrons. The fourth-order valence-electron chi connectivity index (χ4n) is 4.20. The predicted octanol–water partition coefficient (Wildman–Crippen LogP) is 6.85. The van der Waals surface area contributed by atoms with Crippen LogP contribution in [0, 0.1) is 20.8 Å². The van der Waals surface area contributed by atoms with Crippen LogP contribution in [0.25, 0.3) is 0 Å². The first-order chi connectivity index (χ1) is 18.1. The Morgan fingerprint density at radius 2 is 1.66 bits per heavy atom. The molecule has 38 heavy (non-hydrogen) atoms. The van der Waals surface area contributed by atoms with Crippen LogP contribution in [-0.4, -0.2) is 35.4 Å². The molecule has 0 fully saturated rings. The number of rotatable bonds is 11. The van der Waals surface area contributed by atoms with E-state index in [1.807, 2.05) is 77.1 Å². The summed E-state index contributed by atoms with van der Waals surface area (Å²) in [5.41, 5.74) is 4.85. The van der Waals surface area contributed by atoms with Gasteiger partial charge in [0.15, 0.2) is 6.61 Å². The van der Waals surface area contributed by atoms with Crippen LogP contribution in [0.3, 0.4) is 0 Å². The first kappa shape index (κ1) is 29.5. The molecule has 0 aliphatic heterocycles. The molecule has 2 atom stereocenters. The Kier molecular flexibility index (Phi) is 10.6. The summed E-state index contributed by atoms with van der Waals surface area (Å²) in [7, 11) is 0. The fourth-order valence-corrected chi connectivity index (χ4v) is 4.52. The minimum absolute atomic E-state index is 0.0307. The molecule has 3 rings (SSSR count). The SMILES string of the molecule is CCC(C)NC(=O)C(Cc1ccccc1)N(Cc1ccc(Cl)c(Cl)c1)C(=O)COc1cc(C)cc(C)c1C. The first-order valence-corrected chi connectivity index (χ1v) is 13.6. The molecule has 5 nitrogen and oxygen atoms in total. The van der Waals surface area contributed by atoms with Gasteiger partial charge in [-0.1, -0.05) is 72.6 Å². The molecule has 202 valence electrons. The van der Waals surface area contributed by atoms with Gasteiger partial charge >= 0.3 is 0 Å². The molecule has 7 heteroatoms. The van der Waals surface area contributed by atoms with Crippen molar-refractivity contribution in [2.75, 3.05) is 6.61 Å². The summed E-state index contributed by atoms with van der Waals surface area (Å²) in [6.07, 6.45) is 1.14. The number of carbonyl (C=O) groups is 2. The summed E-state index contributed by atoms with van der Waals surface area (Å²) in [6, 6.07) is 18.2. The van der Waals surface area contributed by atoms with Crippen LogP contribution in [0.1, 0.15) is 48.1 Å². The van der Waals surface area contributed by atoms with Crippen LogP contribution in [0.5, 0.6) is 5.75 Å². The molecule has 2 unspecified atom stereocenters. The molecule has 0 aromatic heterocycles.